The summed E-state index contributed by atoms with van der Waals surface area (Å²) in [4.78, 5) is 33.2. The summed E-state index contributed by atoms with van der Waals surface area (Å²) in [5, 5.41) is 5.59. The van der Waals surface area contributed by atoms with Gasteiger partial charge in [0.15, 0.2) is 5.78 Å². The van der Waals surface area contributed by atoms with Crippen molar-refractivity contribution in [3.63, 3.8) is 0 Å². The van der Waals surface area contributed by atoms with E-state index >= 15 is 0 Å². The number of hydrogen-bond acceptors (Lipinski definition) is 6. The average Bonchev–Trinajstić information content (AvgIpc) is 3.20. The summed E-state index contributed by atoms with van der Waals surface area (Å²) in [6, 6.07) is 9.24. The molecule has 0 aliphatic rings. The highest BCUT2D eigenvalue weighted by atomic mass is 32.1. The topological polar surface area (TPSA) is 81.2 Å². The molecule has 0 saturated heterocycles. The third-order valence-electron chi connectivity index (χ3n) is 4.16. The molecule has 6 nitrogen and oxygen atoms in total. The Hall–Kier alpha value is -3.06. The van der Waals surface area contributed by atoms with Gasteiger partial charge in [-0.3, -0.25) is 14.6 Å². The van der Waals surface area contributed by atoms with Gasteiger partial charge in [-0.1, -0.05) is 11.6 Å². The molecule has 3 rings (SSSR count). The van der Waals surface area contributed by atoms with Crippen LogP contribution in [-0.2, 0) is 11.3 Å². The number of Topliss-reactive ketones (excluding diaryl/α,β-unsaturated/α-hetero) is 1. The minimum atomic E-state index is -0.184. The van der Waals surface area contributed by atoms with Crippen molar-refractivity contribution in [3.8, 4) is 16.3 Å². The first-order valence-corrected chi connectivity index (χ1v) is 9.74. The van der Waals surface area contributed by atoms with Gasteiger partial charge in [0.05, 0.1) is 24.9 Å². The number of benzene rings is 1. The van der Waals surface area contributed by atoms with Gasteiger partial charge in [-0.15, -0.1) is 11.3 Å². The maximum Gasteiger partial charge on any atom is 0.220 e. The number of aryl methyl sites for hydroxylation is 1. The number of aromatic nitrogens is 2. The van der Waals surface area contributed by atoms with Gasteiger partial charge in [0.25, 0.3) is 0 Å². The minimum Gasteiger partial charge on any atom is -0.496 e. The van der Waals surface area contributed by atoms with Gasteiger partial charge in [-0.25, -0.2) is 4.98 Å². The van der Waals surface area contributed by atoms with E-state index in [1.165, 1.54) is 18.4 Å². The predicted molar refractivity (Wildman–Crippen MR) is 108 cm³/mol. The maximum atomic E-state index is 12.4. The highest BCUT2D eigenvalue weighted by Gasteiger charge is 2.14. The number of ether oxygens (including phenoxy) is 1. The zero-order valence-electron chi connectivity index (χ0n) is 15.8. The third-order valence-corrected chi connectivity index (χ3v) is 5.10. The number of carbonyl (C=O) groups excluding carboxylic acids is 2. The molecule has 144 valence electrons. The lowest BCUT2D eigenvalue weighted by Gasteiger charge is -2.08. The van der Waals surface area contributed by atoms with Crippen molar-refractivity contribution in [1.82, 2.24) is 15.3 Å². The first-order valence-electron chi connectivity index (χ1n) is 8.86. The van der Waals surface area contributed by atoms with E-state index in [0.29, 0.717) is 17.9 Å². The fourth-order valence-electron chi connectivity index (χ4n) is 2.69. The summed E-state index contributed by atoms with van der Waals surface area (Å²) in [7, 11) is 1.53. The molecule has 0 saturated carbocycles. The van der Waals surface area contributed by atoms with Crippen LogP contribution in [0.4, 0.5) is 0 Å². The van der Waals surface area contributed by atoms with Crippen LogP contribution in [0.1, 0.15) is 34.5 Å². The van der Waals surface area contributed by atoms with Crippen LogP contribution in [0.2, 0.25) is 0 Å². The summed E-state index contributed by atoms with van der Waals surface area (Å²) in [5.41, 5.74) is 3.21. The van der Waals surface area contributed by atoms with Crippen LogP contribution in [0.3, 0.4) is 0 Å². The molecule has 0 fully saturated rings. The molecule has 7 heteroatoms. The lowest BCUT2D eigenvalue weighted by atomic mass is 10.0. The number of hydrogen-bond donors (Lipinski definition) is 1. The molecule has 0 aliphatic heterocycles. The number of pyridine rings is 1. The van der Waals surface area contributed by atoms with Crippen molar-refractivity contribution >= 4 is 23.0 Å². The Morgan fingerprint density at radius 3 is 2.82 bits per heavy atom. The quantitative estimate of drug-likeness (QED) is 0.587. The molecular formula is C21H21N3O3S. The van der Waals surface area contributed by atoms with Gasteiger partial charge < -0.3 is 10.1 Å². The molecule has 0 bridgehead atoms. The Morgan fingerprint density at radius 1 is 1.21 bits per heavy atom. The Morgan fingerprint density at radius 2 is 2.07 bits per heavy atom. The number of methoxy groups -OCH3 is 1. The van der Waals surface area contributed by atoms with Crippen molar-refractivity contribution in [1.29, 1.82) is 0 Å². The molecule has 3 aromatic rings. The van der Waals surface area contributed by atoms with Crippen molar-refractivity contribution in [2.45, 2.75) is 26.3 Å². The highest BCUT2D eigenvalue weighted by molar-refractivity contribution is 7.13. The van der Waals surface area contributed by atoms with Crippen molar-refractivity contribution in [2.75, 3.05) is 7.11 Å². The van der Waals surface area contributed by atoms with E-state index in [0.717, 1.165) is 21.8 Å². The van der Waals surface area contributed by atoms with Gasteiger partial charge in [-0.05, 0) is 31.2 Å². The molecule has 28 heavy (non-hydrogen) atoms. The molecule has 1 aromatic carbocycles. The maximum absolute atomic E-state index is 12.4. The summed E-state index contributed by atoms with van der Waals surface area (Å²) in [5.74, 6) is 0.237. The molecule has 0 atom stereocenters. The Bertz CT molecular complexity index is 970. The van der Waals surface area contributed by atoms with Crippen LogP contribution in [0.15, 0.2) is 48.1 Å². The van der Waals surface area contributed by atoms with E-state index in [4.69, 9.17) is 4.74 Å². The first-order chi connectivity index (χ1) is 13.6. The number of carbonyl (C=O) groups is 2. The minimum absolute atomic E-state index is 0.108. The van der Waals surface area contributed by atoms with E-state index in [1.54, 1.807) is 24.5 Å². The molecule has 0 spiro atoms. The van der Waals surface area contributed by atoms with Crippen LogP contribution in [0.5, 0.6) is 5.75 Å². The highest BCUT2D eigenvalue weighted by Crippen LogP contribution is 2.23. The lowest BCUT2D eigenvalue weighted by Crippen LogP contribution is -2.23. The van der Waals surface area contributed by atoms with E-state index in [9.17, 15) is 9.59 Å². The van der Waals surface area contributed by atoms with Crippen LogP contribution >= 0.6 is 11.3 Å². The van der Waals surface area contributed by atoms with Crippen LogP contribution in [-0.4, -0.2) is 28.8 Å². The Kier molecular flexibility index (Phi) is 6.49. The van der Waals surface area contributed by atoms with Gasteiger partial charge in [0, 0.05) is 36.2 Å². The Balaban J connectivity index is 1.51. The van der Waals surface area contributed by atoms with Gasteiger partial charge >= 0.3 is 0 Å². The zero-order valence-corrected chi connectivity index (χ0v) is 16.6. The number of ketones is 1. The van der Waals surface area contributed by atoms with E-state index < -0.39 is 0 Å². The predicted octanol–water partition coefficient (Wildman–Crippen LogP) is 3.80. The zero-order chi connectivity index (χ0) is 19.9. The third kappa shape index (κ3) is 5.01. The second-order valence-corrected chi connectivity index (χ2v) is 7.15. The van der Waals surface area contributed by atoms with E-state index in [1.807, 2.05) is 30.5 Å². The molecule has 2 aromatic heterocycles. The molecular weight excluding hydrogens is 374 g/mol. The molecule has 0 aliphatic carbocycles. The molecule has 0 radical (unpaired) electrons. The smallest absolute Gasteiger partial charge is 0.220 e. The second kappa shape index (κ2) is 9.23. The van der Waals surface area contributed by atoms with Crippen molar-refractivity contribution in [2.24, 2.45) is 0 Å². The molecule has 1 N–H and O–H groups in total. The number of nitrogens with one attached hydrogen (secondary N) is 1. The molecule has 1 amide bonds. The number of nitrogens with zero attached hydrogens (tertiary/aromatic N) is 2. The second-order valence-electron chi connectivity index (χ2n) is 6.29. The number of thiazole rings is 1. The monoisotopic (exact) mass is 395 g/mol. The largest absolute Gasteiger partial charge is 0.496 e. The molecule has 0 unspecified atom stereocenters. The van der Waals surface area contributed by atoms with Crippen LogP contribution in [0, 0.1) is 6.92 Å². The standard InChI is InChI=1S/C21H21N3O3S/c1-14-5-7-19(27-2)17(10-14)18(25)6-8-20(26)23-12-16-13-28-21(24-16)15-4-3-9-22-11-15/h3-5,7,9-11,13H,6,8,12H2,1-2H3,(H,23,26). The SMILES string of the molecule is COc1ccc(C)cc1C(=O)CCC(=O)NCc1csc(-c2cccnc2)n1. The Labute approximate surface area is 167 Å². The van der Waals surface area contributed by atoms with Crippen molar-refractivity contribution < 1.29 is 14.3 Å². The fourth-order valence-corrected chi connectivity index (χ4v) is 3.50. The van der Waals surface area contributed by atoms with Crippen LogP contribution < -0.4 is 10.1 Å². The van der Waals surface area contributed by atoms with E-state index in [2.05, 4.69) is 15.3 Å². The normalized spacial score (nSPS) is 10.5. The van der Waals surface area contributed by atoms with Crippen molar-refractivity contribution in [3.05, 3.63) is 64.9 Å². The first kappa shape index (κ1) is 19.7. The molecule has 2 heterocycles. The lowest BCUT2D eigenvalue weighted by molar-refractivity contribution is -0.121. The van der Waals surface area contributed by atoms with Gasteiger partial charge in [0.1, 0.15) is 10.8 Å². The van der Waals surface area contributed by atoms with E-state index in [-0.39, 0.29) is 24.5 Å². The summed E-state index contributed by atoms with van der Waals surface area (Å²) >= 11 is 1.50. The summed E-state index contributed by atoms with van der Waals surface area (Å²) in [6.45, 7) is 2.24. The number of rotatable bonds is 8. The van der Waals surface area contributed by atoms with Gasteiger partial charge in [0.2, 0.25) is 5.91 Å². The average molecular weight is 395 g/mol. The summed E-state index contributed by atoms with van der Waals surface area (Å²) < 4.78 is 5.24. The fraction of sp³-hybridized carbons (Fsp3) is 0.238. The number of amides is 1. The summed E-state index contributed by atoms with van der Waals surface area (Å²) in [6.07, 6.45) is 3.72. The van der Waals surface area contributed by atoms with Gasteiger partial charge in [-0.2, -0.15) is 0 Å². The van der Waals surface area contributed by atoms with Crippen LogP contribution in [0.25, 0.3) is 10.6 Å².